The molecule has 2 rings (SSSR count). The molecule has 1 aliphatic rings. The van der Waals surface area contributed by atoms with Gasteiger partial charge >= 0.3 is 6.03 Å². The zero-order valence-corrected chi connectivity index (χ0v) is 13.5. The van der Waals surface area contributed by atoms with Crippen molar-refractivity contribution in [2.24, 2.45) is 0 Å². The van der Waals surface area contributed by atoms with E-state index in [9.17, 15) is 22.0 Å². The van der Waals surface area contributed by atoms with Crippen LogP contribution >= 0.6 is 0 Å². The van der Waals surface area contributed by atoms with Gasteiger partial charge in [-0.05, 0) is 31.9 Å². The van der Waals surface area contributed by atoms with Crippen LogP contribution in [0.4, 0.5) is 19.3 Å². The standard InChI is InChI=1S/C14H18F2N2O4S/c1-8(12-4-3-5-22-12)17-14(19)18-9-6-10(15)13(11(16)7-9)23(2,20)21/h6-8,12H,3-5H2,1-2H3,(H2,17,18,19)/t8-,12+/m0/s1. The third kappa shape index (κ3) is 4.38. The van der Waals surface area contributed by atoms with Crippen molar-refractivity contribution >= 4 is 21.6 Å². The highest BCUT2D eigenvalue weighted by Gasteiger charge is 2.24. The van der Waals surface area contributed by atoms with E-state index in [1.165, 1.54) is 0 Å². The number of carbonyl (C=O) groups is 1. The topological polar surface area (TPSA) is 84.5 Å². The van der Waals surface area contributed by atoms with E-state index in [1.54, 1.807) is 6.92 Å². The Bertz CT molecular complexity index is 680. The van der Waals surface area contributed by atoms with E-state index in [-0.39, 0.29) is 17.8 Å². The van der Waals surface area contributed by atoms with Gasteiger partial charge in [-0.1, -0.05) is 0 Å². The van der Waals surface area contributed by atoms with Gasteiger partial charge in [0.25, 0.3) is 0 Å². The number of amides is 2. The van der Waals surface area contributed by atoms with Gasteiger partial charge in [0, 0.05) is 18.6 Å². The Hall–Kier alpha value is -1.74. The number of ether oxygens (including phenoxy) is 1. The minimum Gasteiger partial charge on any atom is -0.376 e. The Morgan fingerprint density at radius 3 is 2.43 bits per heavy atom. The molecule has 2 atom stereocenters. The Balaban J connectivity index is 2.07. The van der Waals surface area contributed by atoms with Crippen molar-refractivity contribution in [3.8, 4) is 0 Å². The zero-order chi connectivity index (χ0) is 17.2. The number of urea groups is 1. The zero-order valence-electron chi connectivity index (χ0n) is 12.7. The van der Waals surface area contributed by atoms with E-state index in [0.717, 1.165) is 25.0 Å². The summed E-state index contributed by atoms with van der Waals surface area (Å²) in [6, 6.07) is 0.604. The van der Waals surface area contributed by atoms with Crippen molar-refractivity contribution in [1.29, 1.82) is 0 Å². The fourth-order valence-electron chi connectivity index (χ4n) is 2.45. The number of rotatable bonds is 4. The minimum absolute atomic E-state index is 0.0955. The molecule has 2 amide bonds. The highest BCUT2D eigenvalue weighted by Crippen LogP contribution is 2.23. The number of anilines is 1. The Morgan fingerprint density at radius 2 is 1.96 bits per heavy atom. The fourth-order valence-corrected chi connectivity index (χ4v) is 3.28. The number of sulfone groups is 1. The van der Waals surface area contributed by atoms with E-state index >= 15 is 0 Å². The van der Waals surface area contributed by atoms with Crippen LogP contribution in [0, 0.1) is 11.6 Å². The predicted octanol–water partition coefficient (Wildman–Crippen LogP) is 2.06. The molecule has 0 saturated carbocycles. The van der Waals surface area contributed by atoms with Gasteiger partial charge < -0.3 is 15.4 Å². The van der Waals surface area contributed by atoms with Crippen molar-refractivity contribution in [3.05, 3.63) is 23.8 Å². The second-order valence-electron chi connectivity index (χ2n) is 5.48. The molecule has 9 heteroatoms. The lowest BCUT2D eigenvalue weighted by atomic mass is 10.1. The lowest BCUT2D eigenvalue weighted by Crippen LogP contribution is -2.43. The summed E-state index contributed by atoms with van der Waals surface area (Å²) in [4.78, 5) is 10.8. The van der Waals surface area contributed by atoms with E-state index in [2.05, 4.69) is 10.6 Å². The molecule has 1 fully saturated rings. The van der Waals surface area contributed by atoms with E-state index in [4.69, 9.17) is 4.74 Å². The number of benzene rings is 1. The van der Waals surface area contributed by atoms with Crippen LogP contribution in [0.2, 0.25) is 0 Å². The molecule has 6 nitrogen and oxygen atoms in total. The molecule has 128 valence electrons. The van der Waals surface area contributed by atoms with Gasteiger partial charge in [-0.3, -0.25) is 0 Å². The summed E-state index contributed by atoms with van der Waals surface area (Å²) < 4.78 is 55.6. The highest BCUT2D eigenvalue weighted by molar-refractivity contribution is 7.90. The number of halogens is 2. The summed E-state index contributed by atoms with van der Waals surface area (Å²) in [7, 11) is -4.03. The van der Waals surface area contributed by atoms with Gasteiger partial charge in [-0.25, -0.2) is 22.0 Å². The van der Waals surface area contributed by atoms with Crippen LogP contribution < -0.4 is 10.6 Å². The van der Waals surface area contributed by atoms with E-state index < -0.39 is 32.4 Å². The first-order chi connectivity index (χ1) is 10.7. The normalized spacial score (nSPS) is 19.4. The molecule has 0 unspecified atom stereocenters. The molecule has 1 aromatic carbocycles. The summed E-state index contributed by atoms with van der Waals surface area (Å²) in [5, 5.41) is 4.89. The second kappa shape index (κ2) is 6.79. The summed E-state index contributed by atoms with van der Waals surface area (Å²) in [6.45, 7) is 2.41. The fraction of sp³-hybridized carbons (Fsp3) is 0.500. The first kappa shape index (κ1) is 17.6. The molecule has 0 bridgehead atoms. The maximum atomic E-state index is 13.8. The summed E-state index contributed by atoms with van der Waals surface area (Å²) in [5.41, 5.74) is -0.176. The Kier molecular flexibility index (Phi) is 5.20. The van der Waals surface area contributed by atoms with Crippen molar-refractivity contribution in [1.82, 2.24) is 5.32 Å². The number of nitrogens with one attached hydrogen (secondary N) is 2. The molecule has 1 saturated heterocycles. The number of hydrogen-bond donors (Lipinski definition) is 2. The minimum atomic E-state index is -4.03. The Labute approximate surface area is 133 Å². The highest BCUT2D eigenvalue weighted by atomic mass is 32.2. The molecular formula is C14H18F2N2O4S. The quantitative estimate of drug-likeness (QED) is 0.872. The maximum Gasteiger partial charge on any atom is 0.319 e. The van der Waals surface area contributed by atoms with Crippen LogP contribution in [0.15, 0.2) is 17.0 Å². The van der Waals surface area contributed by atoms with Crippen LogP contribution in [0.25, 0.3) is 0 Å². The molecule has 0 radical (unpaired) electrons. The van der Waals surface area contributed by atoms with Crippen LogP contribution in [-0.2, 0) is 14.6 Å². The van der Waals surface area contributed by atoms with E-state index in [1.807, 2.05) is 0 Å². The van der Waals surface area contributed by atoms with Crippen LogP contribution in [0.3, 0.4) is 0 Å². The van der Waals surface area contributed by atoms with Crippen LogP contribution in [-0.4, -0.2) is 39.5 Å². The van der Waals surface area contributed by atoms with Crippen molar-refractivity contribution in [2.45, 2.75) is 36.8 Å². The lowest BCUT2D eigenvalue weighted by molar-refractivity contribution is 0.0868. The first-order valence-corrected chi connectivity index (χ1v) is 8.96. The molecule has 1 aliphatic heterocycles. The van der Waals surface area contributed by atoms with Gasteiger partial charge in [0.15, 0.2) is 9.84 Å². The molecular weight excluding hydrogens is 330 g/mol. The Morgan fingerprint density at radius 1 is 1.35 bits per heavy atom. The number of hydrogen-bond acceptors (Lipinski definition) is 4. The van der Waals surface area contributed by atoms with Crippen molar-refractivity contribution < 1.29 is 26.7 Å². The molecule has 1 heterocycles. The molecule has 23 heavy (non-hydrogen) atoms. The van der Waals surface area contributed by atoms with Crippen molar-refractivity contribution in [2.75, 3.05) is 18.2 Å². The smallest absolute Gasteiger partial charge is 0.319 e. The molecule has 0 spiro atoms. The van der Waals surface area contributed by atoms with Gasteiger partial charge in [-0.15, -0.1) is 0 Å². The SMILES string of the molecule is C[C@H](NC(=O)Nc1cc(F)c(S(C)(=O)=O)c(F)c1)[C@H]1CCCO1. The summed E-state index contributed by atoms with van der Waals surface area (Å²) >= 11 is 0. The number of carbonyl (C=O) groups excluding carboxylic acids is 1. The molecule has 1 aromatic rings. The third-order valence-corrected chi connectivity index (χ3v) is 4.64. The first-order valence-electron chi connectivity index (χ1n) is 7.06. The molecule has 0 aromatic heterocycles. The van der Waals surface area contributed by atoms with E-state index in [0.29, 0.717) is 12.9 Å². The molecule has 0 aliphatic carbocycles. The van der Waals surface area contributed by atoms with Gasteiger partial charge in [0.1, 0.15) is 16.5 Å². The third-order valence-electron chi connectivity index (χ3n) is 3.51. The summed E-state index contributed by atoms with van der Waals surface area (Å²) in [6.07, 6.45) is 2.36. The van der Waals surface area contributed by atoms with Gasteiger partial charge in [0.05, 0.1) is 12.1 Å². The maximum absolute atomic E-state index is 13.8. The van der Waals surface area contributed by atoms with Crippen LogP contribution in [0.5, 0.6) is 0 Å². The largest absolute Gasteiger partial charge is 0.376 e. The average molecular weight is 348 g/mol. The van der Waals surface area contributed by atoms with Crippen molar-refractivity contribution in [3.63, 3.8) is 0 Å². The molecule has 2 N–H and O–H groups in total. The predicted molar refractivity (Wildman–Crippen MR) is 80.1 cm³/mol. The summed E-state index contributed by atoms with van der Waals surface area (Å²) in [5.74, 6) is -2.51. The van der Waals surface area contributed by atoms with Gasteiger partial charge in [-0.2, -0.15) is 0 Å². The second-order valence-corrected chi connectivity index (χ2v) is 7.43. The average Bonchev–Trinajstić information content (AvgIpc) is 2.89. The lowest BCUT2D eigenvalue weighted by Gasteiger charge is -2.20. The monoisotopic (exact) mass is 348 g/mol. The van der Waals surface area contributed by atoms with Crippen LogP contribution in [0.1, 0.15) is 19.8 Å². The van der Waals surface area contributed by atoms with Gasteiger partial charge in [0.2, 0.25) is 0 Å².